The van der Waals surface area contributed by atoms with Gasteiger partial charge in [0, 0.05) is 19.3 Å². The summed E-state index contributed by atoms with van der Waals surface area (Å²) in [5.41, 5.74) is 0. The molecular weight excluding hydrogens is 612 g/mol. The van der Waals surface area contributed by atoms with Gasteiger partial charge >= 0.3 is 17.9 Å². The second-order valence-electron chi connectivity index (χ2n) is 15.6. The van der Waals surface area contributed by atoms with E-state index in [9.17, 15) is 14.4 Å². The van der Waals surface area contributed by atoms with Crippen LogP contribution < -0.4 is 0 Å². The number of carbonyl (C=O) groups is 3. The summed E-state index contributed by atoms with van der Waals surface area (Å²) in [5.74, 6) is 0.723. The van der Waals surface area contributed by atoms with Gasteiger partial charge in [-0.15, -0.1) is 0 Å². The Labute approximate surface area is 304 Å². The van der Waals surface area contributed by atoms with Gasteiger partial charge in [-0.1, -0.05) is 189 Å². The van der Waals surface area contributed by atoms with E-state index in [0.717, 1.165) is 69.6 Å². The number of unbranched alkanes of at least 4 members (excludes halogenated alkanes) is 22. The average Bonchev–Trinajstić information content (AvgIpc) is 3.06. The fraction of sp³-hybridized carbons (Fsp3) is 0.930. The van der Waals surface area contributed by atoms with E-state index in [0.29, 0.717) is 19.3 Å². The van der Waals surface area contributed by atoms with Crippen LogP contribution in [0.4, 0.5) is 0 Å². The van der Waals surface area contributed by atoms with E-state index in [1.54, 1.807) is 0 Å². The van der Waals surface area contributed by atoms with Gasteiger partial charge in [-0.25, -0.2) is 0 Å². The number of ether oxygens (including phenoxy) is 3. The topological polar surface area (TPSA) is 78.9 Å². The Kier molecular flexibility index (Phi) is 35.0. The number of carbonyl (C=O) groups excluding carboxylic acids is 3. The minimum Gasteiger partial charge on any atom is -0.462 e. The molecular formula is C43H82O6. The molecule has 290 valence electrons. The number of esters is 3. The maximum atomic E-state index is 12.6. The van der Waals surface area contributed by atoms with Crippen molar-refractivity contribution in [1.82, 2.24) is 0 Å². The van der Waals surface area contributed by atoms with E-state index in [2.05, 4.69) is 34.6 Å². The van der Waals surface area contributed by atoms with E-state index in [4.69, 9.17) is 14.2 Å². The third kappa shape index (κ3) is 37.5. The standard InChI is InChI=1S/C43H82O6/c1-6-7-8-9-10-12-19-25-30-35-43(46)49-40(37-48-42(45)34-29-24-20-15-17-22-27-32-39(4)5)36-47-41(44)33-28-23-18-14-11-13-16-21-26-31-38(2)3/h38-40H,6-37H2,1-5H3/t40-/m1/s1. The molecule has 0 aromatic carbocycles. The Morgan fingerprint density at radius 1 is 0.388 bits per heavy atom. The van der Waals surface area contributed by atoms with Crippen LogP contribution in [-0.2, 0) is 28.6 Å². The zero-order valence-electron chi connectivity index (χ0n) is 33.3. The van der Waals surface area contributed by atoms with Crippen molar-refractivity contribution in [3.63, 3.8) is 0 Å². The van der Waals surface area contributed by atoms with Crippen LogP contribution in [0, 0.1) is 11.8 Å². The van der Waals surface area contributed by atoms with Crippen LogP contribution in [0.2, 0.25) is 0 Å². The molecule has 0 saturated heterocycles. The third-order valence-electron chi connectivity index (χ3n) is 9.47. The van der Waals surface area contributed by atoms with Crippen molar-refractivity contribution in [3.05, 3.63) is 0 Å². The summed E-state index contributed by atoms with van der Waals surface area (Å²) in [6.07, 6.45) is 32.4. The summed E-state index contributed by atoms with van der Waals surface area (Å²) in [4.78, 5) is 37.5. The molecule has 1 atom stereocenters. The number of rotatable bonds is 37. The molecule has 6 nitrogen and oxygen atoms in total. The van der Waals surface area contributed by atoms with Crippen LogP contribution in [0.1, 0.15) is 227 Å². The molecule has 0 aliphatic heterocycles. The molecule has 0 aromatic heterocycles. The molecule has 0 amide bonds. The highest BCUT2D eigenvalue weighted by Crippen LogP contribution is 2.16. The van der Waals surface area contributed by atoms with Gasteiger partial charge in [0.25, 0.3) is 0 Å². The predicted molar refractivity (Wildman–Crippen MR) is 206 cm³/mol. The lowest BCUT2D eigenvalue weighted by Crippen LogP contribution is -2.30. The largest absolute Gasteiger partial charge is 0.462 e. The first-order chi connectivity index (χ1) is 23.7. The smallest absolute Gasteiger partial charge is 0.306 e. The van der Waals surface area contributed by atoms with Gasteiger partial charge in [0.15, 0.2) is 6.10 Å². The van der Waals surface area contributed by atoms with Gasteiger partial charge < -0.3 is 14.2 Å². The van der Waals surface area contributed by atoms with Crippen molar-refractivity contribution in [1.29, 1.82) is 0 Å². The third-order valence-corrected chi connectivity index (χ3v) is 9.47. The summed E-state index contributed by atoms with van der Waals surface area (Å²) in [5, 5.41) is 0. The Hall–Kier alpha value is -1.59. The van der Waals surface area contributed by atoms with Gasteiger partial charge in [0.05, 0.1) is 0 Å². The molecule has 6 heteroatoms. The van der Waals surface area contributed by atoms with E-state index < -0.39 is 6.10 Å². The first kappa shape index (κ1) is 47.4. The average molecular weight is 695 g/mol. The minimum absolute atomic E-state index is 0.0662. The van der Waals surface area contributed by atoms with Gasteiger partial charge in [-0.3, -0.25) is 14.4 Å². The molecule has 0 aromatic rings. The minimum atomic E-state index is -0.759. The van der Waals surface area contributed by atoms with Crippen molar-refractivity contribution in [2.24, 2.45) is 11.8 Å². The van der Waals surface area contributed by atoms with Crippen molar-refractivity contribution in [3.8, 4) is 0 Å². The number of hydrogen-bond donors (Lipinski definition) is 0. The second kappa shape index (κ2) is 36.2. The van der Waals surface area contributed by atoms with E-state index >= 15 is 0 Å². The highest BCUT2D eigenvalue weighted by Gasteiger charge is 2.19. The molecule has 0 fully saturated rings. The zero-order chi connectivity index (χ0) is 36.2. The normalized spacial score (nSPS) is 12.1. The zero-order valence-corrected chi connectivity index (χ0v) is 33.3. The second-order valence-corrected chi connectivity index (χ2v) is 15.6. The molecule has 0 saturated carbocycles. The Morgan fingerprint density at radius 3 is 1.00 bits per heavy atom. The molecule has 0 aliphatic rings. The molecule has 0 rings (SSSR count). The molecule has 0 aliphatic carbocycles. The quantitative estimate of drug-likeness (QED) is 0.0366. The first-order valence-electron chi connectivity index (χ1n) is 21.2. The molecule has 49 heavy (non-hydrogen) atoms. The lowest BCUT2D eigenvalue weighted by molar-refractivity contribution is -0.167. The van der Waals surface area contributed by atoms with E-state index in [1.165, 1.54) is 116 Å². The Bertz CT molecular complexity index is 749. The van der Waals surface area contributed by atoms with Gasteiger partial charge in [0.1, 0.15) is 13.2 Å². The molecule has 0 heterocycles. The fourth-order valence-electron chi connectivity index (χ4n) is 6.22. The lowest BCUT2D eigenvalue weighted by atomic mass is 10.0. The van der Waals surface area contributed by atoms with E-state index in [1.807, 2.05) is 0 Å². The predicted octanol–water partition coefficient (Wildman–Crippen LogP) is 13.0. The highest BCUT2D eigenvalue weighted by molar-refractivity contribution is 5.71. The van der Waals surface area contributed by atoms with Crippen molar-refractivity contribution in [2.45, 2.75) is 233 Å². The van der Waals surface area contributed by atoms with E-state index in [-0.39, 0.29) is 31.1 Å². The molecule has 0 spiro atoms. The fourth-order valence-corrected chi connectivity index (χ4v) is 6.22. The number of hydrogen-bond acceptors (Lipinski definition) is 6. The summed E-state index contributed by atoms with van der Waals surface area (Å²) in [6, 6.07) is 0. The lowest BCUT2D eigenvalue weighted by Gasteiger charge is -2.18. The van der Waals surface area contributed by atoms with Crippen LogP contribution in [0.5, 0.6) is 0 Å². The molecule has 0 unspecified atom stereocenters. The van der Waals surface area contributed by atoms with Crippen LogP contribution in [0.3, 0.4) is 0 Å². The molecule has 0 radical (unpaired) electrons. The summed E-state index contributed by atoms with van der Waals surface area (Å²) < 4.78 is 16.6. The van der Waals surface area contributed by atoms with Gasteiger partial charge in [0.2, 0.25) is 0 Å². The Balaban J connectivity index is 4.33. The van der Waals surface area contributed by atoms with Gasteiger partial charge in [-0.05, 0) is 31.1 Å². The first-order valence-corrected chi connectivity index (χ1v) is 21.2. The van der Waals surface area contributed by atoms with Gasteiger partial charge in [-0.2, -0.15) is 0 Å². The van der Waals surface area contributed by atoms with Crippen molar-refractivity contribution >= 4 is 17.9 Å². The summed E-state index contributed by atoms with van der Waals surface area (Å²) in [7, 11) is 0. The molecule has 0 N–H and O–H groups in total. The highest BCUT2D eigenvalue weighted by atomic mass is 16.6. The monoisotopic (exact) mass is 695 g/mol. The SMILES string of the molecule is CCCCCCCCCCCC(=O)O[C@H](COC(=O)CCCCCCCCCCCC(C)C)COC(=O)CCCCCCCCCC(C)C. The Morgan fingerprint density at radius 2 is 0.673 bits per heavy atom. The van der Waals surface area contributed by atoms with Crippen LogP contribution in [-0.4, -0.2) is 37.2 Å². The maximum absolute atomic E-state index is 12.6. The summed E-state index contributed by atoms with van der Waals surface area (Å²) in [6.45, 7) is 11.2. The maximum Gasteiger partial charge on any atom is 0.306 e. The van der Waals surface area contributed by atoms with Crippen LogP contribution in [0.25, 0.3) is 0 Å². The summed E-state index contributed by atoms with van der Waals surface area (Å²) >= 11 is 0. The van der Waals surface area contributed by atoms with Crippen molar-refractivity contribution < 1.29 is 28.6 Å². The van der Waals surface area contributed by atoms with Crippen molar-refractivity contribution in [2.75, 3.05) is 13.2 Å². The van der Waals surface area contributed by atoms with Crippen LogP contribution >= 0.6 is 0 Å². The van der Waals surface area contributed by atoms with Crippen LogP contribution in [0.15, 0.2) is 0 Å². The molecule has 0 bridgehead atoms.